The molecule has 0 saturated carbocycles. The molecule has 0 atom stereocenters. The van der Waals surface area contributed by atoms with Crippen LogP contribution in [0, 0.1) is 0 Å². The zero-order valence-corrected chi connectivity index (χ0v) is 17.8. The molecule has 0 saturated heterocycles. The lowest BCUT2D eigenvalue weighted by Crippen LogP contribution is -2.39. The number of nitrogen functional groups attached to an aromatic ring is 1. The van der Waals surface area contributed by atoms with Gasteiger partial charge in [-0.15, -0.1) is 0 Å². The van der Waals surface area contributed by atoms with Gasteiger partial charge in [0.25, 0.3) is 11.5 Å². The van der Waals surface area contributed by atoms with E-state index in [1.54, 1.807) is 30.3 Å². The number of nitrogens with zero attached hydrogens (tertiary/aromatic N) is 3. The second-order valence-corrected chi connectivity index (χ2v) is 7.25. The first-order chi connectivity index (χ1) is 15.5. The van der Waals surface area contributed by atoms with E-state index < -0.39 is 35.8 Å². The zero-order valence-electron chi connectivity index (χ0n) is 17.0. The third kappa shape index (κ3) is 5.52. The number of nitrogens with one attached hydrogen (secondary N) is 1. The summed E-state index contributed by atoms with van der Waals surface area (Å²) in [7, 11) is 1.24. The van der Waals surface area contributed by atoms with Crippen LogP contribution in [0.4, 0.5) is 24.7 Å². The molecule has 2 heterocycles. The number of halogens is 4. The third-order valence-corrected chi connectivity index (χ3v) is 4.74. The van der Waals surface area contributed by atoms with Gasteiger partial charge in [0.2, 0.25) is 5.88 Å². The number of benzene rings is 1. The highest BCUT2D eigenvalue weighted by Crippen LogP contribution is 2.26. The van der Waals surface area contributed by atoms with Crippen molar-refractivity contribution in [2.45, 2.75) is 12.7 Å². The Balaban J connectivity index is 1.91. The number of aromatic nitrogens is 3. The molecule has 9 nitrogen and oxygen atoms in total. The Kier molecular flexibility index (Phi) is 6.77. The SMILES string of the molecule is CN(C(=O)c1cnc(OCC(F)(F)F)c(Cl)c1)c1c(N)n(Cc2ccccc2)c(=O)[nH]c1=O. The molecule has 0 unspecified atom stereocenters. The topological polar surface area (TPSA) is 123 Å². The predicted octanol–water partition coefficient (Wildman–Crippen LogP) is 2.43. The Labute approximate surface area is 189 Å². The average molecular weight is 484 g/mol. The molecule has 0 fully saturated rings. The lowest BCUT2D eigenvalue weighted by molar-refractivity contribution is -0.154. The summed E-state index contributed by atoms with van der Waals surface area (Å²) in [5, 5.41) is -0.338. The molecular weight excluding hydrogens is 467 g/mol. The highest BCUT2D eigenvalue weighted by molar-refractivity contribution is 6.32. The van der Waals surface area contributed by atoms with Crippen LogP contribution in [0.1, 0.15) is 15.9 Å². The van der Waals surface area contributed by atoms with E-state index in [1.807, 2.05) is 0 Å². The first kappa shape index (κ1) is 23.9. The first-order valence-electron chi connectivity index (χ1n) is 9.27. The van der Waals surface area contributed by atoms with Crippen molar-refractivity contribution in [2.75, 3.05) is 24.3 Å². The molecule has 3 rings (SSSR count). The quantitative estimate of drug-likeness (QED) is 0.555. The molecule has 33 heavy (non-hydrogen) atoms. The predicted molar refractivity (Wildman–Crippen MR) is 115 cm³/mol. The molecule has 0 aliphatic carbocycles. The summed E-state index contributed by atoms with van der Waals surface area (Å²) in [6.07, 6.45) is -3.65. The number of nitrogens with two attached hydrogens (primary N) is 1. The molecular formula is C20H17ClF3N5O4. The molecule has 0 aliphatic rings. The van der Waals surface area contributed by atoms with E-state index in [2.05, 4.69) is 14.7 Å². The van der Waals surface area contributed by atoms with Crippen LogP contribution in [0.3, 0.4) is 0 Å². The Morgan fingerprint density at radius 2 is 1.94 bits per heavy atom. The number of aromatic amines is 1. The zero-order chi connectivity index (χ0) is 24.3. The Morgan fingerprint density at radius 1 is 1.27 bits per heavy atom. The third-order valence-electron chi connectivity index (χ3n) is 4.46. The van der Waals surface area contributed by atoms with E-state index in [1.165, 1.54) is 7.05 Å². The van der Waals surface area contributed by atoms with Gasteiger partial charge in [-0.25, -0.2) is 9.78 Å². The number of carbonyl (C=O) groups excluding carboxylic acids is 1. The molecule has 3 N–H and O–H groups in total. The van der Waals surface area contributed by atoms with Crippen LogP contribution in [0.15, 0.2) is 52.2 Å². The van der Waals surface area contributed by atoms with Crippen LogP contribution in [0.25, 0.3) is 0 Å². The van der Waals surface area contributed by atoms with Crippen LogP contribution in [0.5, 0.6) is 5.88 Å². The number of rotatable bonds is 6. The Hall–Kier alpha value is -3.80. The monoisotopic (exact) mass is 483 g/mol. The van der Waals surface area contributed by atoms with Crippen molar-refractivity contribution in [3.05, 3.63) is 79.6 Å². The summed E-state index contributed by atoms with van der Waals surface area (Å²) >= 11 is 5.89. The average Bonchev–Trinajstić information content (AvgIpc) is 2.75. The smallest absolute Gasteiger partial charge is 0.422 e. The maximum atomic E-state index is 12.9. The van der Waals surface area contributed by atoms with Crippen molar-refractivity contribution < 1.29 is 22.7 Å². The van der Waals surface area contributed by atoms with Crippen molar-refractivity contribution in [3.63, 3.8) is 0 Å². The number of hydrogen-bond donors (Lipinski definition) is 2. The number of hydrogen-bond acceptors (Lipinski definition) is 6. The lowest BCUT2D eigenvalue weighted by Gasteiger charge is -2.20. The number of ether oxygens (including phenoxy) is 1. The summed E-state index contributed by atoms with van der Waals surface area (Å²) in [4.78, 5) is 44.3. The molecule has 0 bridgehead atoms. The minimum absolute atomic E-state index is 0.0376. The maximum absolute atomic E-state index is 12.9. The fraction of sp³-hybridized carbons (Fsp3) is 0.200. The number of anilines is 2. The minimum Gasteiger partial charge on any atom is -0.467 e. The van der Waals surface area contributed by atoms with E-state index in [9.17, 15) is 27.6 Å². The van der Waals surface area contributed by atoms with E-state index in [0.717, 1.165) is 27.3 Å². The van der Waals surface area contributed by atoms with Crippen molar-refractivity contribution in [1.29, 1.82) is 0 Å². The van der Waals surface area contributed by atoms with Gasteiger partial charge < -0.3 is 15.4 Å². The highest BCUT2D eigenvalue weighted by atomic mass is 35.5. The van der Waals surface area contributed by atoms with Gasteiger partial charge in [-0.2, -0.15) is 13.2 Å². The maximum Gasteiger partial charge on any atom is 0.422 e. The normalized spacial score (nSPS) is 11.3. The van der Waals surface area contributed by atoms with Crippen molar-refractivity contribution >= 4 is 29.0 Å². The summed E-state index contributed by atoms with van der Waals surface area (Å²) in [6, 6.07) is 9.86. The first-order valence-corrected chi connectivity index (χ1v) is 9.65. The molecule has 13 heteroatoms. The molecule has 174 valence electrons. The minimum atomic E-state index is -4.60. The van der Waals surface area contributed by atoms with Gasteiger partial charge in [0.1, 0.15) is 10.8 Å². The van der Waals surface area contributed by atoms with Gasteiger partial charge in [0, 0.05) is 13.2 Å². The van der Waals surface area contributed by atoms with Gasteiger partial charge in [-0.1, -0.05) is 41.9 Å². The second kappa shape index (κ2) is 9.36. The van der Waals surface area contributed by atoms with Crippen LogP contribution >= 0.6 is 11.6 Å². The van der Waals surface area contributed by atoms with Gasteiger partial charge >= 0.3 is 11.9 Å². The fourth-order valence-corrected chi connectivity index (χ4v) is 3.14. The summed E-state index contributed by atoms with van der Waals surface area (Å²) in [5.74, 6) is -1.57. The number of amides is 1. The molecule has 3 aromatic rings. The number of H-pyrrole nitrogens is 1. The standard InChI is InChI=1S/C20H17ClF3N5O4/c1-28(18(31)12-7-13(21)17(26-8-12)33-10-20(22,23)24)14-15(25)29(19(32)27-16(14)30)9-11-5-3-2-4-6-11/h2-8H,9-10,25H2,1H3,(H,27,30,32). The van der Waals surface area contributed by atoms with Crippen LogP contribution in [-0.2, 0) is 6.54 Å². The van der Waals surface area contributed by atoms with E-state index in [4.69, 9.17) is 17.3 Å². The molecule has 0 aliphatic heterocycles. The highest BCUT2D eigenvalue weighted by Gasteiger charge is 2.29. The molecule has 0 radical (unpaired) electrons. The molecule has 2 aromatic heterocycles. The van der Waals surface area contributed by atoms with Gasteiger partial charge in [0.15, 0.2) is 12.3 Å². The van der Waals surface area contributed by atoms with Gasteiger partial charge in [-0.3, -0.25) is 19.1 Å². The van der Waals surface area contributed by atoms with Crippen LogP contribution < -0.4 is 26.6 Å². The second-order valence-electron chi connectivity index (χ2n) is 6.84. The molecule has 1 aromatic carbocycles. The number of carbonyl (C=O) groups is 1. The van der Waals surface area contributed by atoms with E-state index >= 15 is 0 Å². The Morgan fingerprint density at radius 3 is 2.55 bits per heavy atom. The van der Waals surface area contributed by atoms with E-state index in [-0.39, 0.29) is 28.6 Å². The molecule has 0 spiro atoms. The van der Waals surface area contributed by atoms with Crippen molar-refractivity contribution in [2.24, 2.45) is 0 Å². The van der Waals surface area contributed by atoms with Crippen molar-refractivity contribution in [3.8, 4) is 5.88 Å². The Bertz CT molecular complexity index is 1290. The summed E-state index contributed by atoms with van der Waals surface area (Å²) < 4.78 is 42.6. The lowest BCUT2D eigenvalue weighted by atomic mass is 10.2. The van der Waals surface area contributed by atoms with Crippen LogP contribution in [0.2, 0.25) is 5.02 Å². The van der Waals surface area contributed by atoms with Crippen LogP contribution in [-0.4, -0.2) is 40.3 Å². The number of pyridine rings is 1. The van der Waals surface area contributed by atoms with E-state index in [0.29, 0.717) is 0 Å². The largest absolute Gasteiger partial charge is 0.467 e. The fourth-order valence-electron chi connectivity index (χ4n) is 2.92. The number of alkyl halides is 3. The molecule has 1 amide bonds. The van der Waals surface area contributed by atoms with Crippen molar-refractivity contribution in [1.82, 2.24) is 14.5 Å². The summed E-state index contributed by atoms with van der Waals surface area (Å²) in [5.41, 5.74) is 4.67. The van der Waals surface area contributed by atoms with Gasteiger partial charge in [-0.05, 0) is 11.6 Å². The summed E-state index contributed by atoms with van der Waals surface area (Å²) in [6.45, 7) is -1.57. The van der Waals surface area contributed by atoms with Gasteiger partial charge in [0.05, 0.1) is 12.1 Å².